The van der Waals surface area contributed by atoms with E-state index >= 15 is 0 Å². The molecule has 1 fully saturated rings. The van der Waals surface area contributed by atoms with Crippen LogP contribution < -0.4 is 10.6 Å². The quantitative estimate of drug-likeness (QED) is 0.238. The number of carbonyl (C=O) groups is 1. The Kier molecular flexibility index (Phi) is 7.92. The van der Waals surface area contributed by atoms with Gasteiger partial charge in [0.15, 0.2) is 0 Å². The zero-order chi connectivity index (χ0) is 30.0. The largest absolute Gasteiger partial charge is 0.379 e. The molecule has 0 aliphatic carbocycles. The highest BCUT2D eigenvalue weighted by Crippen LogP contribution is 2.35. The lowest BCUT2D eigenvalue weighted by atomic mass is 9.92. The molecule has 5 aromatic rings. The molecule has 0 saturated carbocycles. The van der Waals surface area contributed by atoms with Crippen LogP contribution in [0.5, 0.6) is 0 Å². The first-order chi connectivity index (χ1) is 20.8. The van der Waals surface area contributed by atoms with Crippen molar-refractivity contribution in [3.05, 3.63) is 96.2 Å². The SMILES string of the molecule is Cc1ccc(-n2nc(C(C)(C)C)cc2NC(=O)Nc2ccc(-c3cncnc3CN3CCOCC3)c3ccccc23)cc1. The van der Waals surface area contributed by atoms with E-state index < -0.39 is 0 Å². The minimum atomic E-state index is -0.345. The summed E-state index contributed by atoms with van der Waals surface area (Å²) in [4.78, 5) is 24.8. The van der Waals surface area contributed by atoms with Gasteiger partial charge in [0.2, 0.25) is 0 Å². The summed E-state index contributed by atoms with van der Waals surface area (Å²) in [7, 11) is 0. The van der Waals surface area contributed by atoms with E-state index in [0.717, 1.165) is 77.4 Å². The predicted molar refractivity (Wildman–Crippen MR) is 171 cm³/mol. The topological polar surface area (TPSA) is 97.2 Å². The molecule has 43 heavy (non-hydrogen) atoms. The molecule has 1 aliphatic heterocycles. The monoisotopic (exact) mass is 575 g/mol. The number of ether oxygens (including phenoxy) is 1. The molecule has 0 bridgehead atoms. The molecule has 3 heterocycles. The standard InChI is InChI=1S/C34H37N7O2/c1-23-9-11-24(12-10-23)41-32(19-31(39-41)34(2,3)4)38-33(42)37-29-14-13-26(25-7-5-6-8-27(25)29)28-20-35-22-36-30(28)21-40-15-17-43-18-16-40/h5-14,19-20,22H,15-18,21H2,1-4H3,(H2,37,38,42). The number of fused-ring (bicyclic) bond motifs is 1. The first-order valence-corrected chi connectivity index (χ1v) is 14.6. The second kappa shape index (κ2) is 11.9. The lowest BCUT2D eigenvalue weighted by molar-refractivity contribution is 0.0337. The van der Waals surface area contributed by atoms with E-state index in [4.69, 9.17) is 9.84 Å². The fourth-order valence-electron chi connectivity index (χ4n) is 5.31. The zero-order valence-electron chi connectivity index (χ0n) is 25.1. The van der Waals surface area contributed by atoms with Gasteiger partial charge in [-0.25, -0.2) is 19.4 Å². The van der Waals surface area contributed by atoms with Crippen molar-refractivity contribution in [3.63, 3.8) is 0 Å². The third-order valence-electron chi connectivity index (χ3n) is 7.73. The molecule has 0 spiro atoms. The minimum absolute atomic E-state index is 0.184. The molecule has 9 nitrogen and oxygen atoms in total. The third kappa shape index (κ3) is 6.28. The molecule has 2 amide bonds. The molecule has 3 aromatic carbocycles. The Morgan fingerprint density at radius 3 is 2.42 bits per heavy atom. The molecule has 1 saturated heterocycles. The van der Waals surface area contributed by atoms with E-state index in [2.05, 4.69) is 52.3 Å². The zero-order valence-corrected chi connectivity index (χ0v) is 25.1. The van der Waals surface area contributed by atoms with Crippen LogP contribution in [0.4, 0.5) is 16.3 Å². The summed E-state index contributed by atoms with van der Waals surface area (Å²) in [5, 5.41) is 12.9. The fraction of sp³-hybridized carbons (Fsp3) is 0.294. The number of hydrogen-bond donors (Lipinski definition) is 2. The van der Waals surface area contributed by atoms with Crippen LogP contribution in [0.2, 0.25) is 0 Å². The Morgan fingerprint density at radius 2 is 1.67 bits per heavy atom. The highest BCUT2D eigenvalue weighted by Gasteiger charge is 2.22. The van der Waals surface area contributed by atoms with Gasteiger partial charge in [-0.2, -0.15) is 5.10 Å². The van der Waals surface area contributed by atoms with E-state index in [0.29, 0.717) is 11.5 Å². The van der Waals surface area contributed by atoms with Crippen LogP contribution in [0, 0.1) is 6.92 Å². The molecule has 9 heteroatoms. The average molecular weight is 576 g/mol. The first-order valence-electron chi connectivity index (χ1n) is 14.6. The van der Waals surface area contributed by atoms with Gasteiger partial charge >= 0.3 is 6.03 Å². The van der Waals surface area contributed by atoms with Crippen molar-refractivity contribution in [2.75, 3.05) is 36.9 Å². The lowest BCUT2D eigenvalue weighted by Crippen LogP contribution is -2.36. The van der Waals surface area contributed by atoms with Gasteiger partial charge in [0.05, 0.1) is 36.0 Å². The smallest absolute Gasteiger partial charge is 0.324 e. The van der Waals surface area contributed by atoms with Crippen LogP contribution in [0.1, 0.15) is 37.7 Å². The second-order valence-corrected chi connectivity index (χ2v) is 12.0. The van der Waals surface area contributed by atoms with Crippen LogP contribution in [-0.4, -0.2) is 57.0 Å². The molecule has 6 rings (SSSR count). The molecular weight excluding hydrogens is 538 g/mol. The highest BCUT2D eigenvalue weighted by molar-refractivity contribution is 6.09. The number of hydrogen-bond acceptors (Lipinski definition) is 6. The Labute approximate surface area is 251 Å². The number of carbonyl (C=O) groups excluding carboxylic acids is 1. The molecule has 1 aliphatic rings. The predicted octanol–water partition coefficient (Wildman–Crippen LogP) is 6.56. The summed E-state index contributed by atoms with van der Waals surface area (Å²) < 4.78 is 7.31. The number of rotatable bonds is 6. The van der Waals surface area contributed by atoms with Gasteiger partial charge in [-0.1, -0.05) is 68.8 Å². The van der Waals surface area contributed by atoms with Gasteiger partial charge in [0.1, 0.15) is 12.1 Å². The summed E-state index contributed by atoms with van der Waals surface area (Å²) in [5.41, 5.74) is 6.43. The van der Waals surface area contributed by atoms with Crippen LogP contribution >= 0.6 is 0 Å². The molecule has 0 unspecified atom stereocenters. The fourth-order valence-corrected chi connectivity index (χ4v) is 5.31. The number of nitrogens with one attached hydrogen (secondary N) is 2. The number of aryl methyl sites for hydroxylation is 1. The maximum Gasteiger partial charge on any atom is 0.324 e. The van der Waals surface area contributed by atoms with Crippen LogP contribution in [0.25, 0.3) is 27.6 Å². The number of urea groups is 1. The summed E-state index contributed by atoms with van der Waals surface area (Å²) in [5.74, 6) is 0.599. The Bertz CT molecular complexity index is 1750. The van der Waals surface area contributed by atoms with Crippen molar-refractivity contribution in [1.82, 2.24) is 24.6 Å². The van der Waals surface area contributed by atoms with E-state index in [1.54, 1.807) is 11.0 Å². The maximum atomic E-state index is 13.5. The number of aromatic nitrogens is 4. The van der Waals surface area contributed by atoms with Crippen LogP contribution in [-0.2, 0) is 16.7 Å². The first kappa shape index (κ1) is 28.5. The molecule has 2 aromatic heterocycles. The summed E-state index contributed by atoms with van der Waals surface area (Å²) in [6.07, 6.45) is 3.48. The second-order valence-electron chi connectivity index (χ2n) is 12.0. The third-order valence-corrected chi connectivity index (χ3v) is 7.73. The number of nitrogens with zero attached hydrogens (tertiary/aromatic N) is 5. The van der Waals surface area contributed by atoms with Crippen molar-refractivity contribution in [3.8, 4) is 16.8 Å². The minimum Gasteiger partial charge on any atom is -0.379 e. The maximum absolute atomic E-state index is 13.5. The van der Waals surface area contributed by atoms with E-state index in [1.165, 1.54) is 0 Å². The molecular formula is C34H37N7O2. The summed E-state index contributed by atoms with van der Waals surface area (Å²) in [6, 6.07) is 21.7. The van der Waals surface area contributed by atoms with E-state index in [9.17, 15) is 4.79 Å². The van der Waals surface area contributed by atoms with Gasteiger partial charge < -0.3 is 10.1 Å². The van der Waals surface area contributed by atoms with Crippen molar-refractivity contribution in [1.29, 1.82) is 0 Å². The van der Waals surface area contributed by atoms with Gasteiger partial charge in [-0.05, 0) is 36.1 Å². The summed E-state index contributed by atoms with van der Waals surface area (Å²) in [6.45, 7) is 12.3. The molecule has 0 atom stereocenters. The van der Waals surface area contributed by atoms with Gasteiger partial charge in [0, 0.05) is 48.3 Å². The number of anilines is 2. The summed E-state index contributed by atoms with van der Waals surface area (Å²) >= 11 is 0. The van der Waals surface area contributed by atoms with E-state index in [1.807, 2.05) is 73.8 Å². The van der Waals surface area contributed by atoms with Crippen molar-refractivity contribution in [2.45, 2.75) is 39.7 Å². The van der Waals surface area contributed by atoms with Crippen molar-refractivity contribution in [2.24, 2.45) is 0 Å². The number of amides is 2. The normalized spacial score (nSPS) is 14.1. The Hall–Kier alpha value is -4.60. The average Bonchev–Trinajstić information content (AvgIpc) is 3.43. The number of morpholine rings is 1. The lowest BCUT2D eigenvalue weighted by Gasteiger charge is -2.27. The van der Waals surface area contributed by atoms with Gasteiger partial charge in [-0.15, -0.1) is 0 Å². The van der Waals surface area contributed by atoms with Crippen LogP contribution in [0.15, 0.2) is 79.3 Å². The molecule has 220 valence electrons. The van der Waals surface area contributed by atoms with Gasteiger partial charge in [-0.3, -0.25) is 10.2 Å². The molecule has 2 N–H and O–H groups in total. The van der Waals surface area contributed by atoms with Gasteiger partial charge in [0.25, 0.3) is 0 Å². The number of benzene rings is 3. The molecule has 0 radical (unpaired) electrons. The Balaban J connectivity index is 1.29. The van der Waals surface area contributed by atoms with E-state index in [-0.39, 0.29) is 11.4 Å². The highest BCUT2D eigenvalue weighted by atomic mass is 16.5. The van der Waals surface area contributed by atoms with Crippen molar-refractivity contribution >= 4 is 28.3 Å². The Morgan fingerprint density at radius 1 is 0.930 bits per heavy atom. The van der Waals surface area contributed by atoms with Crippen LogP contribution in [0.3, 0.4) is 0 Å². The van der Waals surface area contributed by atoms with Crippen molar-refractivity contribution < 1.29 is 9.53 Å².